The molecule has 1 saturated heterocycles. The van der Waals surface area contributed by atoms with Crippen molar-refractivity contribution in [1.29, 1.82) is 0 Å². The fraction of sp³-hybridized carbons (Fsp3) is 0.231. The second-order valence-electron chi connectivity index (χ2n) is 4.42. The molecule has 0 aromatic carbocycles. The highest BCUT2D eigenvalue weighted by Crippen LogP contribution is 2.18. The van der Waals surface area contributed by atoms with Crippen LogP contribution in [0.4, 0.5) is 5.82 Å². The second kappa shape index (κ2) is 4.76. The van der Waals surface area contributed by atoms with E-state index in [9.17, 15) is 9.59 Å². The zero-order chi connectivity index (χ0) is 14.1. The van der Waals surface area contributed by atoms with Gasteiger partial charge in [-0.25, -0.2) is 4.98 Å². The first-order valence-corrected chi connectivity index (χ1v) is 6.21. The Balaban J connectivity index is 1.87. The minimum Gasteiger partial charge on any atom is -0.328 e. The molecule has 2 aromatic heterocycles. The number of nitrogens with zero attached hydrogens (tertiary/aromatic N) is 5. The van der Waals surface area contributed by atoms with Gasteiger partial charge in [0.05, 0.1) is 6.20 Å². The SMILES string of the molecule is C=CC(=O)N1CCN(c2cnc3cccnn23)C(=O)C1. The Bertz CT molecular complexity index is 693. The molecule has 2 amide bonds. The fourth-order valence-corrected chi connectivity index (χ4v) is 2.23. The van der Waals surface area contributed by atoms with Crippen LogP contribution in [0.3, 0.4) is 0 Å². The number of rotatable bonds is 2. The summed E-state index contributed by atoms with van der Waals surface area (Å²) in [5.74, 6) is 0.240. The van der Waals surface area contributed by atoms with Crippen LogP contribution in [0.15, 0.2) is 37.2 Å². The van der Waals surface area contributed by atoms with Gasteiger partial charge in [0.25, 0.3) is 0 Å². The maximum Gasteiger partial charge on any atom is 0.247 e. The lowest BCUT2D eigenvalue weighted by Gasteiger charge is -2.32. The smallest absolute Gasteiger partial charge is 0.247 e. The van der Waals surface area contributed by atoms with Gasteiger partial charge in [0.2, 0.25) is 11.8 Å². The van der Waals surface area contributed by atoms with Crippen LogP contribution in [-0.4, -0.2) is 50.9 Å². The van der Waals surface area contributed by atoms with Gasteiger partial charge in [0, 0.05) is 19.3 Å². The zero-order valence-electron chi connectivity index (χ0n) is 10.8. The number of aromatic nitrogens is 3. The molecule has 0 radical (unpaired) electrons. The number of fused-ring (bicyclic) bond motifs is 1. The molecule has 0 bridgehead atoms. The summed E-state index contributed by atoms with van der Waals surface area (Å²) in [5.41, 5.74) is 0.680. The molecule has 1 fully saturated rings. The van der Waals surface area contributed by atoms with E-state index in [-0.39, 0.29) is 18.4 Å². The molecular formula is C13H13N5O2. The van der Waals surface area contributed by atoms with Crippen LogP contribution in [-0.2, 0) is 9.59 Å². The van der Waals surface area contributed by atoms with Crippen molar-refractivity contribution in [2.45, 2.75) is 0 Å². The van der Waals surface area contributed by atoms with E-state index in [0.717, 1.165) is 0 Å². The van der Waals surface area contributed by atoms with Crippen molar-refractivity contribution < 1.29 is 9.59 Å². The number of carbonyl (C=O) groups is 2. The Hall–Kier alpha value is -2.70. The molecule has 0 unspecified atom stereocenters. The number of hydrogen-bond donors (Lipinski definition) is 0. The maximum absolute atomic E-state index is 12.2. The largest absolute Gasteiger partial charge is 0.328 e. The molecule has 3 rings (SSSR count). The summed E-state index contributed by atoms with van der Waals surface area (Å²) in [4.78, 5) is 31.0. The van der Waals surface area contributed by atoms with E-state index < -0.39 is 0 Å². The van der Waals surface area contributed by atoms with Gasteiger partial charge < -0.3 is 4.90 Å². The topological polar surface area (TPSA) is 70.8 Å². The molecule has 0 aliphatic carbocycles. The molecule has 3 heterocycles. The van der Waals surface area contributed by atoms with Gasteiger partial charge in [-0.05, 0) is 18.2 Å². The van der Waals surface area contributed by atoms with Gasteiger partial charge in [-0.1, -0.05) is 6.58 Å². The molecule has 102 valence electrons. The first kappa shape index (κ1) is 12.3. The van der Waals surface area contributed by atoms with Gasteiger partial charge in [-0.2, -0.15) is 9.61 Å². The minimum absolute atomic E-state index is 0.0465. The quantitative estimate of drug-likeness (QED) is 0.726. The molecule has 7 heteroatoms. The fourth-order valence-electron chi connectivity index (χ4n) is 2.23. The lowest BCUT2D eigenvalue weighted by atomic mass is 10.3. The van der Waals surface area contributed by atoms with Gasteiger partial charge in [-0.15, -0.1) is 0 Å². The van der Waals surface area contributed by atoms with E-state index >= 15 is 0 Å². The molecule has 1 aliphatic rings. The summed E-state index contributed by atoms with van der Waals surface area (Å²) >= 11 is 0. The second-order valence-corrected chi connectivity index (χ2v) is 4.42. The minimum atomic E-state index is -0.228. The van der Waals surface area contributed by atoms with Crippen LogP contribution in [0.2, 0.25) is 0 Å². The lowest BCUT2D eigenvalue weighted by Crippen LogP contribution is -2.52. The third-order valence-corrected chi connectivity index (χ3v) is 3.24. The van der Waals surface area contributed by atoms with E-state index in [1.165, 1.54) is 11.0 Å². The van der Waals surface area contributed by atoms with Crippen LogP contribution >= 0.6 is 0 Å². The number of hydrogen-bond acceptors (Lipinski definition) is 4. The number of imidazole rings is 1. The van der Waals surface area contributed by atoms with Crippen molar-refractivity contribution in [1.82, 2.24) is 19.5 Å². The molecule has 0 N–H and O–H groups in total. The van der Waals surface area contributed by atoms with Crippen molar-refractivity contribution in [2.24, 2.45) is 0 Å². The van der Waals surface area contributed by atoms with Crippen molar-refractivity contribution in [2.75, 3.05) is 24.5 Å². The Kier molecular flexibility index (Phi) is 2.94. The molecule has 0 atom stereocenters. The maximum atomic E-state index is 12.2. The number of anilines is 1. The average molecular weight is 271 g/mol. The summed E-state index contributed by atoms with van der Waals surface area (Å²) in [5, 5.41) is 4.18. The highest BCUT2D eigenvalue weighted by molar-refractivity contribution is 5.99. The molecule has 1 aliphatic heterocycles. The molecular weight excluding hydrogens is 258 g/mol. The summed E-state index contributed by atoms with van der Waals surface area (Å²) in [6.45, 7) is 4.37. The monoisotopic (exact) mass is 271 g/mol. The Morgan fingerprint density at radius 1 is 1.40 bits per heavy atom. The van der Waals surface area contributed by atoms with Crippen molar-refractivity contribution in [3.05, 3.63) is 37.2 Å². The molecule has 2 aromatic rings. The van der Waals surface area contributed by atoms with E-state index in [0.29, 0.717) is 24.6 Å². The predicted octanol–water partition coefficient (Wildman–Crippen LogP) is 0.0905. The third kappa shape index (κ3) is 1.93. The Morgan fingerprint density at radius 2 is 2.25 bits per heavy atom. The van der Waals surface area contributed by atoms with Crippen molar-refractivity contribution in [3.63, 3.8) is 0 Å². The highest BCUT2D eigenvalue weighted by Gasteiger charge is 2.28. The van der Waals surface area contributed by atoms with Gasteiger partial charge in [0.15, 0.2) is 11.5 Å². The molecule has 7 nitrogen and oxygen atoms in total. The van der Waals surface area contributed by atoms with Crippen molar-refractivity contribution in [3.8, 4) is 0 Å². The Labute approximate surface area is 115 Å². The summed E-state index contributed by atoms with van der Waals surface area (Å²) in [6.07, 6.45) is 4.48. The standard InChI is InChI=1S/C13H13N5O2/c1-2-12(19)16-6-7-17(13(20)9-16)11-8-14-10-4-3-5-15-18(10)11/h2-5,8H,1,6-7,9H2. The lowest BCUT2D eigenvalue weighted by molar-refractivity contribution is -0.133. The van der Waals surface area contributed by atoms with E-state index in [4.69, 9.17) is 0 Å². The first-order valence-electron chi connectivity index (χ1n) is 6.21. The molecule has 20 heavy (non-hydrogen) atoms. The van der Waals surface area contributed by atoms with Crippen LogP contribution in [0.25, 0.3) is 5.65 Å². The van der Waals surface area contributed by atoms with E-state index in [2.05, 4.69) is 16.7 Å². The van der Waals surface area contributed by atoms with Crippen LogP contribution in [0.1, 0.15) is 0 Å². The average Bonchev–Trinajstić information content (AvgIpc) is 2.90. The number of carbonyl (C=O) groups excluding carboxylic acids is 2. The highest BCUT2D eigenvalue weighted by atomic mass is 16.2. The van der Waals surface area contributed by atoms with Gasteiger partial charge in [-0.3, -0.25) is 14.5 Å². The third-order valence-electron chi connectivity index (χ3n) is 3.24. The zero-order valence-corrected chi connectivity index (χ0v) is 10.8. The Morgan fingerprint density at radius 3 is 3.00 bits per heavy atom. The van der Waals surface area contributed by atoms with Crippen LogP contribution in [0, 0.1) is 0 Å². The van der Waals surface area contributed by atoms with Crippen LogP contribution < -0.4 is 4.90 Å². The van der Waals surface area contributed by atoms with Crippen LogP contribution in [0.5, 0.6) is 0 Å². The van der Waals surface area contributed by atoms with Gasteiger partial charge in [0.1, 0.15) is 6.54 Å². The number of amides is 2. The first-order chi connectivity index (χ1) is 9.70. The molecule has 0 spiro atoms. The van der Waals surface area contributed by atoms with Gasteiger partial charge >= 0.3 is 0 Å². The summed E-state index contributed by atoms with van der Waals surface area (Å²) < 4.78 is 1.61. The van der Waals surface area contributed by atoms with E-state index in [1.54, 1.807) is 27.9 Å². The normalized spacial score (nSPS) is 15.7. The molecule has 0 saturated carbocycles. The van der Waals surface area contributed by atoms with Crippen molar-refractivity contribution >= 4 is 23.3 Å². The summed E-state index contributed by atoms with van der Waals surface area (Å²) in [6, 6.07) is 3.60. The predicted molar refractivity (Wildman–Crippen MR) is 72.1 cm³/mol. The summed E-state index contributed by atoms with van der Waals surface area (Å²) in [7, 11) is 0. The van der Waals surface area contributed by atoms with E-state index in [1.807, 2.05) is 6.07 Å². The number of piperazine rings is 1.